The minimum Gasteiger partial charge on any atom is -0.103 e. The fraction of sp³-hybridized carbons (Fsp3) is 0.286. The fourth-order valence-electron chi connectivity index (χ4n) is 1.54. The Balaban J connectivity index is 2.95. The number of hydrogen-bond donors (Lipinski definition) is 0. The van der Waals surface area contributed by atoms with E-state index in [4.69, 9.17) is 0 Å². The van der Waals surface area contributed by atoms with Crippen molar-refractivity contribution in [1.29, 1.82) is 0 Å². The molecule has 1 unspecified atom stereocenters. The number of benzene rings is 1. The Morgan fingerprint density at radius 1 is 1.43 bits per heavy atom. The highest BCUT2D eigenvalue weighted by molar-refractivity contribution is 5.64. The normalized spacial score (nSPS) is 12.1. The van der Waals surface area contributed by atoms with Gasteiger partial charge >= 0.3 is 0 Å². The molecule has 0 saturated heterocycles. The van der Waals surface area contributed by atoms with E-state index in [1.54, 1.807) is 0 Å². The lowest BCUT2D eigenvalue weighted by Gasteiger charge is -2.11. The summed E-state index contributed by atoms with van der Waals surface area (Å²) in [6.07, 6.45) is 3.04. The topological polar surface area (TPSA) is 0 Å². The van der Waals surface area contributed by atoms with Crippen molar-refractivity contribution in [3.8, 4) is 0 Å². The second-order valence-corrected chi connectivity index (χ2v) is 3.85. The van der Waals surface area contributed by atoms with E-state index in [9.17, 15) is 0 Å². The second-order valence-electron chi connectivity index (χ2n) is 3.85. The third-order valence-corrected chi connectivity index (χ3v) is 2.42. The first-order chi connectivity index (χ1) is 6.65. The lowest BCUT2D eigenvalue weighted by atomic mass is 9.94. The molecule has 74 valence electrons. The Morgan fingerprint density at radius 3 is 2.64 bits per heavy atom. The molecule has 0 saturated carbocycles. The fourth-order valence-corrected chi connectivity index (χ4v) is 1.54. The van der Waals surface area contributed by atoms with E-state index in [1.165, 1.54) is 11.1 Å². The van der Waals surface area contributed by atoms with Crippen molar-refractivity contribution in [2.24, 2.45) is 5.92 Å². The Kier molecular flexibility index (Phi) is 3.70. The van der Waals surface area contributed by atoms with Gasteiger partial charge in [-0.3, -0.25) is 0 Å². The van der Waals surface area contributed by atoms with Gasteiger partial charge in [-0.05, 0) is 30.4 Å². The lowest BCUT2D eigenvalue weighted by molar-refractivity contribution is 0.724. The molecular weight excluding hydrogens is 168 g/mol. The first-order valence-corrected chi connectivity index (χ1v) is 5.01. The molecule has 0 N–H and O–H groups in total. The molecule has 0 radical (unpaired) electrons. The van der Waals surface area contributed by atoms with Crippen molar-refractivity contribution in [2.75, 3.05) is 0 Å². The van der Waals surface area contributed by atoms with E-state index in [0.29, 0.717) is 5.92 Å². The van der Waals surface area contributed by atoms with Crippen LogP contribution in [0.1, 0.15) is 25.0 Å². The van der Waals surface area contributed by atoms with E-state index in [1.807, 2.05) is 6.08 Å². The van der Waals surface area contributed by atoms with E-state index in [0.717, 1.165) is 12.0 Å². The van der Waals surface area contributed by atoms with Crippen LogP contribution in [0.2, 0.25) is 0 Å². The van der Waals surface area contributed by atoms with Crippen LogP contribution >= 0.6 is 0 Å². The van der Waals surface area contributed by atoms with E-state index in [2.05, 4.69) is 51.3 Å². The smallest absolute Gasteiger partial charge is 0.0201 e. The maximum Gasteiger partial charge on any atom is -0.0201 e. The average Bonchev–Trinajstić information content (AvgIpc) is 2.18. The zero-order valence-corrected chi connectivity index (χ0v) is 9.09. The Morgan fingerprint density at radius 2 is 2.07 bits per heavy atom. The number of rotatable bonds is 4. The molecule has 0 aliphatic carbocycles. The summed E-state index contributed by atoms with van der Waals surface area (Å²) in [5, 5.41) is 0. The molecule has 0 bridgehead atoms. The van der Waals surface area contributed by atoms with Crippen molar-refractivity contribution in [3.63, 3.8) is 0 Å². The molecule has 1 rings (SSSR count). The first-order valence-electron chi connectivity index (χ1n) is 5.01. The van der Waals surface area contributed by atoms with Gasteiger partial charge in [-0.2, -0.15) is 0 Å². The van der Waals surface area contributed by atoms with Crippen LogP contribution in [0, 0.1) is 5.92 Å². The Hall–Kier alpha value is -1.30. The maximum atomic E-state index is 3.99. The third kappa shape index (κ3) is 2.59. The van der Waals surface area contributed by atoms with Gasteiger partial charge in [0.05, 0.1) is 0 Å². The van der Waals surface area contributed by atoms with Crippen LogP contribution in [-0.4, -0.2) is 0 Å². The summed E-state index contributed by atoms with van der Waals surface area (Å²) >= 11 is 0. The van der Waals surface area contributed by atoms with Crippen LogP contribution in [0.25, 0.3) is 5.57 Å². The largest absolute Gasteiger partial charge is 0.103 e. The second kappa shape index (κ2) is 4.80. The van der Waals surface area contributed by atoms with Crippen molar-refractivity contribution in [1.82, 2.24) is 0 Å². The molecule has 0 heterocycles. The van der Waals surface area contributed by atoms with E-state index < -0.39 is 0 Å². The van der Waals surface area contributed by atoms with Gasteiger partial charge < -0.3 is 0 Å². The summed E-state index contributed by atoms with van der Waals surface area (Å²) in [6.45, 7) is 12.0. The average molecular weight is 186 g/mol. The molecule has 0 aliphatic heterocycles. The molecule has 0 nitrogen and oxygen atoms in total. The van der Waals surface area contributed by atoms with Crippen molar-refractivity contribution < 1.29 is 0 Å². The summed E-state index contributed by atoms with van der Waals surface area (Å²) in [4.78, 5) is 0. The molecule has 0 aromatic heterocycles. The Labute approximate surface area is 87.0 Å². The predicted octanol–water partition coefficient (Wildman–Crippen LogP) is 4.08. The first kappa shape index (κ1) is 10.8. The molecule has 0 amide bonds. The molecule has 0 heteroatoms. The van der Waals surface area contributed by atoms with Gasteiger partial charge in [-0.1, -0.05) is 49.4 Å². The predicted molar refractivity (Wildman–Crippen MR) is 64.2 cm³/mol. The molecule has 0 spiro atoms. The lowest BCUT2D eigenvalue weighted by Crippen LogP contribution is -1.98. The highest BCUT2D eigenvalue weighted by Crippen LogP contribution is 2.20. The van der Waals surface area contributed by atoms with Crippen molar-refractivity contribution in [2.45, 2.75) is 20.3 Å². The van der Waals surface area contributed by atoms with Gasteiger partial charge in [0.1, 0.15) is 0 Å². The third-order valence-electron chi connectivity index (χ3n) is 2.42. The highest BCUT2D eigenvalue weighted by Gasteiger charge is 2.04. The van der Waals surface area contributed by atoms with Gasteiger partial charge in [-0.25, -0.2) is 0 Å². The van der Waals surface area contributed by atoms with Crippen LogP contribution in [-0.2, 0) is 6.42 Å². The molecule has 0 aliphatic rings. The minimum atomic E-state index is 0.524. The molecule has 1 aromatic carbocycles. The zero-order valence-electron chi connectivity index (χ0n) is 9.09. The summed E-state index contributed by atoms with van der Waals surface area (Å²) in [5.74, 6) is 0.524. The summed E-state index contributed by atoms with van der Waals surface area (Å²) in [7, 11) is 0. The summed E-state index contributed by atoms with van der Waals surface area (Å²) < 4.78 is 0. The molecule has 1 aromatic rings. The van der Waals surface area contributed by atoms with Gasteiger partial charge in [0.25, 0.3) is 0 Å². The van der Waals surface area contributed by atoms with Crippen molar-refractivity contribution >= 4 is 5.57 Å². The van der Waals surface area contributed by atoms with Crippen LogP contribution in [0.3, 0.4) is 0 Å². The van der Waals surface area contributed by atoms with Crippen LogP contribution in [0.15, 0.2) is 43.5 Å². The number of hydrogen-bond acceptors (Lipinski definition) is 0. The van der Waals surface area contributed by atoms with Crippen molar-refractivity contribution in [3.05, 3.63) is 54.6 Å². The van der Waals surface area contributed by atoms with Gasteiger partial charge in [0, 0.05) is 0 Å². The van der Waals surface area contributed by atoms with E-state index in [-0.39, 0.29) is 0 Å². The molecule has 1 atom stereocenters. The van der Waals surface area contributed by atoms with Gasteiger partial charge in [0.15, 0.2) is 0 Å². The van der Waals surface area contributed by atoms with Crippen LogP contribution in [0.5, 0.6) is 0 Å². The SMILES string of the molecule is C=CC(C)Cc1ccccc1C(=C)C. The molecule has 14 heavy (non-hydrogen) atoms. The standard InChI is InChI=1S/C14H18/c1-5-12(4)10-13-8-6-7-9-14(13)11(2)3/h5-9,12H,1-2,10H2,3-4H3. The van der Waals surface area contributed by atoms with Gasteiger partial charge in [0.2, 0.25) is 0 Å². The van der Waals surface area contributed by atoms with Gasteiger partial charge in [-0.15, -0.1) is 6.58 Å². The molecular formula is C14H18. The van der Waals surface area contributed by atoms with E-state index >= 15 is 0 Å². The summed E-state index contributed by atoms with van der Waals surface area (Å²) in [6, 6.07) is 8.45. The Bertz CT molecular complexity index is 334. The van der Waals surface area contributed by atoms with Crippen LogP contribution in [0.4, 0.5) is 0 Å². The quantitative estimate of drug-likeness (QED) is 0.621. The van der Waals surface area contributed by atoms with Crippen LogP contribution < -0.4 is 0 Å². The monoisotopic (exact) mass is 186 g/mol. The minimum absolute atomic E-state index is 0.524. The molecule has 0 fully saturated rings. The summed E-state index contributed by atoms with van der Waals surface area (Å²) in [5.41, 5.74) is 3.78. The zero-order chi connectivity index (χ0) is 10.6. The number of allylic oxidation sites excluding steroid dienone is 2. The highest BCUT2D eigenvalue weighted by atomic mass is 14.1. The maximum absolute atomic E-state index is 3.99.